The minimum absolute atomic E-state index is 0.552. The van der Waals surface area contributed by atoms with Gasteiger partial charge < -0.3 is 9.53 Å². The van der Waals surface area contributed by atoms with E-state index >= 15 is 0 Å². The molecular weight excluding hydrogens is 286 g/mol. The number of benzene rings is 1. The van der Waals surface area contributed by atoms with Crippen LogP contribution in [0.25, 0.3) is 0 Å². The van der Waals surface area contributed by atoms with Gasteiger partial charge in [-0.15, -0.1) is 0 Å². The number of nitrogens with zero attached hydrogens (tertiary/aromatic N) is 1. The number of carbonyl (C=O) groups is 1. The Morgan fingerprint density at radius 2 is 2.30 bits per heavy atom. The SMILES string of the molecule is CCCC(C)C[C@H]1C[C@@H](c2ccc3c(c2)CCO3)CN1CC=O. The molecule has 0 aliphatic carbocycles. The molecule has 0 saturated carbocycles. The smallest absolute Gasteiger partial charge is 0.133 e. The Labute approximate surface area is 140 Å². The molecule has 0 aromatic heterocycles. The van der Waals surface area contributed by atoms with Crippen molar-refractivity contribution in [2.24, 2.45) is 5.92 Å². The lowest BCUT2D eigenvalue weighted by atomic mass is 9.90. The highest BCUT2D eigenvalue weighted by Gasteiger charge is 2.33. The first kappa shape index (κ1) is 16.5. The number of likely N-dealkylation sites (tertiary alicyclic amines) is 1. The minimum atomic E-state index is 0.552. The van der Waals surface area contributed by atoms with E-state index in [1.165, 1.54) is 36.8 Å². The lowest BCUT2D eigenvalue weighted by molar-refractivity contribution is -0.109. The fourth-order valence-electron chi connectivity index (χ4n) is 4.33. The number of carbonyl (C=O) groups excluding carboxylic acids is 1. The topological polar surface area (TPSA) is 29.5 Å². The highest BCUT2D eigenvalue weighted by Crippen LogP contribution is 2.37. The highest BCUT2D eigenvalue weighted by molar-refractivity contribution is 5.52. The molecule has 3 nitrogen and oxygen atoms in total. The molecule has 1 fully saturated rings. The van der Waals surface area contributed by atoms with Crippen LogP contribution in [0.4, 0.5) is 0 Å². The second kappa shape index (κ2) is 7.48. The summed E-state index contributed by atoms with van der Waals surface area (Å²) in [6, 6.07) is 7.25. The molecule has 0 radical (unpaired) electrons. The van der Waals surface area contributed by atoms with Crippen LogP contribution in [-0.2, 0) is 11.2 Å². The fraction of sp³-hybridized carbons (Fsp3) is 0.650. The van der Waals surface area contributed by atoms with Crippen LogP contribution in [0.3, 0.4) is 0 Å². The summed E-state index contributed by atoms with van der Waals surface area (Å²) in [4.78, 5) is 13.5. The van der Waals surface area contributed by atoms with Crippen molar-refractivity contribution >= 4 is 6.29 Å². The van der Waals surface area contributed by atoms with Gasteiger partial charge in [-0.25, -0.2) is 0 Å². The van der Waals surface area contributed by atoms with Crippen molar-refractivity contribution in [2.45, 2.75) is 57.9 Å². The van der Waals surface area contributed by atoms with Gasteiger partial charge in [0, 0.05) is 19.0 Å². The molecule has 0 amide bonds. The Kier molecular flexibility index (Phi) is 5.37. The van der Waals surface area contributed by atoms with E-state index in [0.717, 1.165) is 37.5 Å². The summed E-state index contributed by atoms with van der Waals surface area (Å²) >= 11 is 0. The Hall–Kier alpha value is -1.35. The van der Waals surface area contributed by atoms with Gasteiger partial charge in [0.25, 0.3) is 0 Å². The zero-order valence-corrected chi connectivity index (χ0v) is 14.5. The molecule has 1 unspecified atom stereocenters. The van der Waals surface area contributed by atoms with Gasteiger partial charge in [0.2, 0.25) is 0 Å². The molecule has 126 valence electrons. The lowest BCUT2D eigenvalue weighted by Crippen LogP contribution is -2.32. The van der Waals surface area contributed by atoms with Crippen LogP contribution < -0.4 is 4.74 Å². The predicted molar refractivity (Wildman–Crippen MR) is 93.1 cm³/mol. The summed E-state index contributed by atoms with van der Waals surface area (Å²) in [5.41, 5.74) is 2.78. The van der Waals surface area contributed by atoms with Gasteiger partial charge in [-0.2, -0.15) is 0 Å². The number of hydrogen-bond acceptors (Lipinski definition) is 3. The highest BCUT2D eigenvalue weighted by atomic mass is 16.5. The summed E-state index contributed by atoms with van der Waals surface area (Å²) in [6.07, 6.45) is 7.02. The molecule has 0 bridgehead atoms. The fourth-order valence-corrected chi connectivity index (χ4v) is 4.33. The number of rotatable bonds is 7. The van der Waals surface area contributed by atoms with Crippen molar-refractivity contribution in [3.8, 4) is 5.75 Å². The van der Waals surface area contributed by atoms with Crippen LogP contribution in [0, 0.1) is 5.92 Å². The molecule has 1 saturated heterocycles. The Balaban J connectivity index is 1.70. The molecule has 3 rings (SSSR count). The van der Waals surface area contributed by atoms with Crippen LogP contribution in [0.1, 0.15) is 56.6 Å². The summed E-state index contributed by atoms with van der Waals surface area (Å²) in [6.45, 7) is 7.01. The van der Waals surface area contributed by atoms with Crippen molar-refractivity contribution in [3.63, 3.8) is 0 Å². The van der Waals surface area contributed by atoms with Gasteiger partial charge in [0.1, 0.15) is 12.0 Å². The number of aldehydes is 1. The van der Waals surface area contributed by atoms with Crippen LogP contribution in [0.2, 0.25) is 0 Å². The van der Waals surface area contributed by atoms with E-state index in [2.05, 4.69) is 36.9 Å². The van der Waals surface area contributed by atoms with E-state index in [0.29, 0.717) is 18.5 Å². The lowest BCUT2D eigenvalue weighted by Gasteiger charge is -2.24. The summed E-state index contributed by atoms with van der Waals surface area (Å²) < 4.78 is 5.62. The van der Waals surface area contributed by atoms with Crippen molar-refractivity contribution in [2.75, 3.05) is 19.7 Å². The van der Waals surface area contributed by atoms with Crippen LogP contribution in [0.15, 0.2) is 18.2 Å². The maximum Gasteiger partial charge on any atom is 0.133 e. The van der Waals surface area contributed by atoms with E-state index in [9.17, 15) is 4.79 Å². The van der Waals surface area contributed by atoms with Crippen molar-refractivity contribution in [1.82, 2.24) is 4.90 Å². The Morgan fingerprint density at radius 3 is 3.09 bits per heavy atom. The van der Waals surface area contributed by atoms with Crippen LogP contribution >= 0.6 is 0 Å². The summed E-state index contributed by atoms with van der Waals surface area (Å²) in [5, 5.41) is 0. The zero-order chi connectivity index (χ0) is 16.2. The zero-order valence-electron chi connectivity index (χ0n) is 14.5. The standard InChI is InChI=1S/C20H29NO2/c1-3-4-15(2)11-19-13-18(14-21(19)8-9-22)16-5-6-20-17(12-16)7-10-23-20/h5-6,9,12,15,18-19H,3-4,7-8,10-11,13-14H2,1-2H3/t15?,18-,19+/m1/s1. The van der Waals surface area contributed by atoms with E-state index in [1.54, 1.807) is 0 Å². The largest absolute Gasteiger partial charge is 0.493 e. The molecule has 2 aliphatic heterocycles. The minimum Gasteiger partial charge on any atom is -0.493 e. The van der Waals surface area contributed by atoms with Gasteiger partial charge in [-0.1, -0.05) is 38.8 Å². The first-order chi connectivity index (χ1) is 11.2. The third kappa shape index (κ3) is 3.77. The van der Waals surface area contributed by atoms with Gasteiger partial charge in [0.05, 0.1) is 13.2 Å². The number of ether oxygens (including phenoxy) is 1. The first-order valence-corrected chi connectivity index (χ1v) is 9.14. The predicted octanol–water partition coefficient (Wildman–Crippen LogP) is 3.80. The molecule has 3 heteroatoms. The van der Waals surface area contributed by atoms with Crippen molar-refractivity contribution in [3.05, 3.63) is 29.3 Å². The van der Waals surface area contributed by atoms with E-state index in [-0.39, 0.29) is 0 Å². The van der Waals surface area contributed by atoms with E-state index in [1.807, 2.05) is 0 Å². The van der Waals surface area contributed by atoms with Crippen molar-refractivity contribution < 1.29 is 9.53 Å². The van der Waals surface area contributed by atoms with Gasteiger partial charge in [0.15, 0.2) is 0 Å². The van der Waals surface area contributed by atoms with Crippen molar-refractivity contribution in [1.29, 1.82) is 0 Å². The van der Waals surface area contributed by atoms with E-state index in [4.69, 9.17) is 4.74 Å². The molecule has 1 aromatic carbocycles. The number of hydrogen-bond donors (Lipinski definition) is 0. The monoisotopic (exact) mass is 315 g/mol. The second-order valence-corrected chi connectivity index (χ2v) is 7.30. The first-order valence-electron chi connectivity index (χ1n) is 9.14. The summed E-state index contributed by atoms with van der Waals surface area (Å²) in [5.74, 6) is 2.36. The van der Waals surface area contributed by atoms with Gasteiger partial charge in [-0.05, 0) is 41.9 Å². The molecule has 2 heterocycles. The summed E-state index contributed by atoms with van der Waals surface area (Å²) in [7, 11) is 0. The molecule has 3 atom stereocenters. The maximum absolute atomic E-state index is 11.1. The molecule has 0 spiro atoms. The molecule has 0 N–H and O–H groups in total. The Bertz CT molecular complexity index is 542. The third-order valence-corrected chi connectivity index (χ3v) is 5.48. The average Bonchev–Trinajstić information content (AvgIpc) is 3.14. The second-order valence-electron chi connectivity index (χ2n) is 7.30. The quantitative estimate of drug-likeness (QED) is 0.717. The maximum atomic E-state index is 11.1. The molecule has 2 aliphatic rings. The molecule has 1 aromatic rings. The van der Waals surface area contributed by atoms with Gasteiger partial charge >= 0.3 is 0 Å². The molecule has 23 heavy (non-hydrogen) atoms. The van der Waals surface area contributed by atoms with E-state index < -0.39 is 0 Å². The Morgan fingerprint density at radius 1 is 1.43 bits per heavy atom. The van der Waals surface area contributed by atoms with Crippen LogP contribution in [-0.4, -0.2) is 36.9 Å². The number of fused-ring (bicyclic) bond motifs is 1. The van der Waals surface area contributed by atoms with Crippen LogP contribution in [0.5, 0.6) is 5.75 Å². The van der Waals surface area contributed by atoms with Gasteiger partial charge in [-0.3, -0.25) is 4.90 Å². The average molecular weight is 315 g/mol. The molecular formula is C20H29NO2. The third-order valence-electron chi connectivity index (χ3n) is 5.48. The normalized spacial score (nSPS) is 25.1.